The molecule has 0 saturated carbocycles. The standard InChI is InChI=1S/C32H33FN4O4S/c1-4-5-17-42-32-35-31-34-21(2)28(30(38)41-19-22-11-7-6-8-12-22)29(37(31)36-32)23-15-16-26(27(18-23)39-3)40-20-24-13-9-10-14-25(24)33/h6-16,18,29H,4-5,17,19-20H2,1-3H3,(H,34,35,36). The second-order valence-corrected chi connectivity index (χ2v) is 10.8. The average Bonchev–Trinajstić information content (AvgIpc) is 3.41. The minimum absolute atomic E-state index is 0.0391. The van der Waals surface area contributed by atoms with Crippen molar-refractivity contribution >= 4 is 23.7 Å². The zero-order chi connectivity index (χ0) is 29.5. The molecule has 3 aromatic carbocycles. The normalized spacial score (nSPS) is 14.2. The number of benzene rings is 3. The number of thioether (sulfide) groups is 1. The van der Waals surface area contributed by atoms with E-state index in [-0.39, 0.29) is 19.0 Å². The van der Waals surface area contributed by atoms with Crippen LogP contribution in [0.4, 0.5) is 10.3 Å². The molecule has 1 N–H and O–H groups in total. The summed E-state index contributed by atoms with van der Waals surface area (Å²) >= 11 is 1.58. The van der Waals surface area contributed by atoms with Gasteiger partial charge in [-0.05, 0) is 42.7 Å². The van der Waals surface area contributed by atoms with E-state index < -0.39 is 12.0 Å². The predicted octanol–water partition coefficient (Wildman–Crippen LogP) is 6.93. The third kappa shape index (κ3) is 6.60. The summed E-state index contributed by atoms with van der Waals surface area (Å²) in [5.74, 6) is 1.51. The van der Waals surface area contributed by atoms with Crippen LogP contribution in [0.25, 0.3) is 0 Å². The predicted molar refractivity (Wildman–Crippen MR) is 160 cm³/mol. The van der Waals surface area contributed by atoms with Crippen molar-refractivity contribution in [1.82, 2.24) is 14.8 Å². The highest BCUT2D eigenvalue weighted by Crippen LogP contribution is 2.40. The van der Waals surface area contributed by atoms with Crippen LogP contribution in [0.15, 0.2) is 89.2 Å². The number of fused-ring (bicyclic) bond motifs is 1. The Morgan fingerprint density at radius 1 is 1.05 bits per heavy atom. The van der Waals surface area contributed by atoms with Crippen molar-refractivity contribution < 1.29 is 23.4 Å². The topological polar surface area (TPSA) is 87.5 Å². The molecule has 0 spiro atoms. The van der Waals surface area contributed by atoms with Crippen molar-refractivity contribution in [3.8, 4) is 11.5 Å². The number of carbonyl (C=O) groups excluding carboxylic acids is 1. The number of ether oxygens (including phenoxy) is 3. The fourth-order valence-electron chi connectivity index (χ4n) is 4.62. The van der Waals surface area contributed by atoms with Gasteiger partial charge in [-0.1, -0.05) is 79.7 Å². The molecule has 42 heavy (non-hydrogen) atoms. The number of rotatable bonds is 12. The Bertz CT molecular complexity index is 1570. The number of hydrogen-bond donors (Lipinski definition) is 1. The van der Waals surface area contributed by atoms with E-state index in [0.717, 1.165) is 29.7 Å². The molecule has 0 amide bonds. The first-order valence-corrected chi connectivity index (χ1v) is 14.8. The second-order valence-electron chi connectivity index (χ2n) is 9.78. The Labute approximate surface area is 248 Å². The molecule has 1 aromatic heterocycles. The van der Waals surface area contributed by atoms with Gasteiger partial charge in [0.1, 0.15) is 25.1 Å². The quantitative estimate of drug-likeness (QED) is 0.108. The number of unbranched alkanes of at least 4 members (excludes halogenated alkanes) is 1. The molecule has 0 radical (unpaired) electrons. The Morgan fingerprint density at radius 2 is 1.83 bits per heavy atom. The maximum absolute atomic E-state index is 14.2. The highest BCUT2D eigenvalue weighted by atomic mass is 32.2. The monoisotopic (exact) mass is 588 g/mol. The van der Waals surface area contributed by atoms with Crippen molar-refractivity contribution in [1.29, 1.82) is 0 Å². The summed E-state index contributed by atoms with van der Waals surface area (Å²) < 4.78 is 33.3. The fraction of sp³-hybridized carbons (Fsp3) is 0.281. The van der Waals surface area contributed by atoms with Crippen LogP contribution in [0.2, 0.25) is 0 Å². The van der Waals surface area contributed by atoms with Gasteiger partial charge in [-0.2, -0.15) is 4.98 Å². The maximum atomic E-state index is 14.2. The number of aromatic nitrogens is 3. The molecule has 0 saturated heterocycles. The number of carbonyl (C=O) groups is 1. The third-order valence-corrected chi connectivity index (χ3v) is 7.76. The largest absolute Gasteiger partial charge is 0.493 e. The molecule has 1 aliphatic rings. The van der Waals surface area contributed by atoms with Crippen molar-refractivity contribution in [3.63, 3.8) is 0 Å². The Kier molecular flexibility index (Phi) is 9.43. The van der Waals surface area contributed by atoms with Crippen molar-refractivity contribution in [2.75, 3.05) is 18.2 Å². The summed E-state index contributed by atoms with van der Waals surface area (Å²) in [4.78, 5) is 18.3. The van der Waals surface area contributed by atoms with Crippen LogP contribution in [0.1, 0.15) is 49.4 Å². The van der Waals surface area contributed by atoms with Crippen LogP contribution in [-0.4, -0.2) is 33.6 Å². The smallest absolute Gasteiger partial charge is 0.338 e. The first-order chi connectivity index (χ1) is 20.5. The fourth-order valence-corrected chi connectivity index (χ4v) is 5.53. The summed E-state index contributed by atoms with van der Waals surface area (Å²) in [6.07, 6.45) is 2.12. The van der Waals surface area contributed by atoms with Gasteiger partial charge in [0.15, 0.2) is 11.5 Å². The molecule has 218 valence electrons. The van der Waals surface area contributed by atoms with E-state index in [2.05, 4.69) is 12.2 Å². The number of nitrogens with one attached hydrogen (secondary N) is 1. The Balaban J connectivity index is 1.47. The van der Waals surface area contributed by atoms with E-state index >= 15 is 0 Å². The summed E-state index contributed by atoms with van der Waals surface area (Å²) in [5.41, 5.74) is 3.09. The summed E-state index contributed by atoms with van der Waals surface area (Å²) in [6, 6.07) is 20.8. The molecular formula is C32H33FN4O4S. The zero-order valence-electron chi connectivity index (χ0n) is 23.8. The molecule has 5 rings (SSSR count). The molecule has 0 bridgehead atoms. The van der Waals surface area contributed by atoms with Gasteiger partial charge in [0, 0.05) is 17.0 Å². The summed E-state index contributed by atoms with van der Waals surface area (Å²) in [6.45, 7) is 4.15. The van der Waals surface area contributed by atoms with Crippen LogP contribution in [-0.2, 0) is 22.7 Å². The van der Waals surface area contributed by atoms with E-state index in [9.17, 15) is 9.18 Å². The molecule has 10 heteroatoms. The van der Waals surface area contributed by atoms with Gasteiger partial charge in [0.25, 0.3) is 0 Å². The van der Waals surface area contributed by atoms with E-state index in [1.807, 2.05) is 43.3 Å². The Morgan fingerprint density at radius 3 is 2.60 bits per heavy atom. The van der Waals surface area contributed by atoms with Gasteiger partial charge in [-0.3, -0.25) is 0 Å². The van der Waals surface area contributed by atoms with Crippen LogP contribution >= 0.6 is 11.8 Å². The molecule has 8 nitrogen and oxygen atoms in total. The van der Waals surface area contributed by atoms with Gasteiger partial charge in [-0.15, -0.1) is 5.10 Å². The summed E-state index contributed by atoms with van der Waals surface area (Å²) in [7, 11) is 1.54. The lowest BCUT2D eigenvalue weighted by Crippen LogP contribution is -2.29. The number of esters is 1. The number of methoxy groups -OCH3 is 1. The maximum Gasteiger partial charge on any atom is 0.338 e. The molecule has 1 atom stereocenters. The average molecular weight is 589 g/mol. The minimum Gasteiger partial charge on any atom is -0.493 e. The van der Waals surface area contributed by atoms with Crippen molar-refractivity contribution in [3.05, 3.63) is 107 Å². The SMILES string of the molecule is CCCCSc1nc2n(n1)C(c1ccc(OCc3ccccc3F)c(OC)c1)C(C(=O)OCc1ccccc1)=C(C)N2. The van der Waals surface area contributed by atoms with Crippen molar-refractivity contribution in [2.24, 2.45) is 0 Å². The molecule has 2 heterocycles. The first kappa shape index (κ1) is 29.2. The lowest BCUT2D eigenvalue weighted by molar-refractivity contribution is -0.140. The number of hydrogen-bond acceptors (Lipinski definition) is 8. The van der Waals surface area contributed by atoms with E-state index in [1.165, 1.54) is 13.2 Å². The highest BCUT2D eigenvalue weighted by molar-refractivity contribution is 7.99. The van der Waals surface area contributed by atoms with Crippen LogP contribution < -0.4 is 14.8 Å². The Hall–Kier alpha value is -4.31. The van der Waals surface area contributed by atoms with Crippen molar-refractivity contribution in [2.45, 2.75) is 51.1 Å². The number of allylic oxidation sites excluding steroid dienone is 1. The molecule has 1 unspecified atom stereocenters. The molecule has 1 aliphatic heterocycles. The lowest BCUT2D eigenvalue weighted by atomic mass is 9.95. The van der Waals surface area contributed by atoms with E-state index in [1.54, 1.807) is 46.8 Å². The van der Waals surface area contributed by atoms with E-state index in [4.69, 9.17) is 24.3 Å². The number of anilines is 1. The summed E-state index contributed by atoms with van der Waals surface area (Å²) in [5, 5.41) is 8.65. The van der Waals surface area contributed by atoms with Gasteiger partial charge in [-0.25, -0.2) is 13.9 Å². The minimum atomic E-state index is -0.632. The van der Waals surface area contributed by atoms with Crippen LogP contribution in [0.3, 0.4) is 0 Å². The van der Waals surface area contributed by atoms with Crippen LogP contribution in [0, 0.1) is 5.82 Å². The molecule has 0 aliphatic carbocycles. The van der Waals surface area contributed by atoms with Crippen LogP contribution in [0.5, 0.6) is 11.5 Å². The first-order valence-electron chi connectivity index (χ1n) is 13.8. The lowest BCUT2D eigenvalue weighted by Gasteiger charge is -2.28. The number of nitrogens with zero attached hydrogens (tertiary/aromatic N) is 3. The van der Waals surface area contributed by atoms with Gasteiger partial charge in [0.05, 0.1) is 12.7 Å². The molecular weight excluding hydrogens is 555 g/mol. The zero-order valence-corrected chi connectivity index (χ0v) is 24.6. The van der Waals surface area contributed by atoms with Gasteiger partial charge >= 0.3 is 5.97 Å². The molecule has 0 fully saturated rings. The third-order valence-electron chi connectivity index (χ3n) is 6.84. The molecule has 4 aromatic rings. The second kappa shape index (κ2) is 13.6. The number of halogens is 1. The van der Waals surface area contributed by atoms with Gasteiger partial charge < -0.3 is 19.5 Å². The van der Waals surface area contributed by atoms with E-state index in [0.29, 0.717) is 39.4 Å². The highest BCUT2D eigenvalue weighted by Gasteiger charge is 2.36. The van der Waals surface area contributed by atoms with Gasteiger partial charge in [0.2, 0.25) is 11.1 Å².